The van der Waals surface area contributed by atoms with Crippen molar-refractivity contribution in [3.63, 3.8) is 0 Å². The summed E-state index contributed by atoms with van der Waals surface area (Å²) in [5.41, 5.74) is -0.876. The molecule has 0 amide bonds. The summed E-state index contributed by atoms with van der Waals surface area (Å²) in [5.74, 6) is -1.88. The number of carbonyl (C=O) groups is 1. The average Bonchev–Trinajstić information content (AvgIpc) is 2.58. The fraction of sp³-hybridized carbons (Fsp3) is 0.111. The Morgan fingerprint density at radius 3 is 2.40 bits per heavy atom. The molecule has 0 spiro atoms. The van der Waals surface area contributed by atoms with Gasteiger partial charge in [0.1, 0.15) is 22.9 Å². The van der Waals surface area contributed by atoms with Gasteiger partial charge in [0.2, 0.25) is 0 Å². The zero-order valence-electron chi connectivity index (χ0n) is 13.1. The largest absolute Gasteiger partial charge is 0.508 e. The first kappa shape index (κ1) is 16.6. The van der Waals surface area contributed by atoms with Gasteiger partial charge in [-0.15, -0.1) is 0 Å². The number of hydrogen-bond acceptors (Lipinski definition) is 4. The molecule has 0 fully saturated rings. The highest BCUT2D eigenvalue weighted by Crippen LogP contribution is 2.27. The number of rotatable bonds is 2. The molecule has 3 rings (SSSR count). The van der Waals surface area contributed by atoms with Crippen LogP contribution in [0, 0.1) is 11.6 Å². The first-order valence-electron chi connectivity index (χ1n) is 7.44. The predicted molar refractivity (Wildman–Crippen MR) is 87.6 cm³/mol. The molecule has 1 heterocycles. The number of halogens is 2. The van der Waals surface area contributed by atoms with E-state index in [0.717, 1.165) is 22.8 Å². The first-order chi connectivity index (χ1) is 11.9. The summed E-state index contributed by atoms with van der Waals surface area (Å²) in [7, 11) is 0. The van der Waals surface area contributed by atoms with Gasteiger partial charge in [-0.1, -0.05) is 0 Å². The van der Waals surface area contributed by atoms with E-state index in [0.29, 0.717) is 5.56 Å². The number of carbonyl (C=O) groups excluding carboxylic acids is 1. The standard InChI is InChI=1S/C18H13F2NO4/c1-2-25-18(24)21-14(10-3-5-11(22)6-4-10)9-15(23)16-12(19)7-8-13(20)17(16)21/h3-9,22H,2H2,1H3. The molecule has 0 saturated carbocycles. The Morgan fingerprint density at radius 2 is 1.76 bits per heavy atom. The SMILES string of the molecule is CCOC(=O)n1c(-c2ccc(O)cc2)cc(=O)c2c(F)ccc(F)c21. The maximum atomic E-state index is 14.4. The van der Waals surface area contributed by atoms with Crippen LogP contribution in [0.4, 0.5) is 13.6 Å². The van der Waals surface area contributed by atoms with Crippen LogP contribution in [0.5, 0.6) is 5.75 Å². The minimum absolute atomic E-state index is 0.0123. The van der Waals surface area contributed by atoms with Crippen molar-refractivity contribution in [3.8, 4) is 17.0 Å². The van der Waals surface area contributed by atoms with Gasteiger partial charge in [-0.3, -0.25) is 4.79 Å². The average molecular weight is 345 g/mol. The number of nitrogens with zero attached hydrogens (tertiary/aromatic N) is 1. The molecular formula is C18H13F2NO4. The monoisotopic (exact) mass is 345 g/mol. The molecule has 5 nitrogen and oxygen atoms in total. The summed E-state index contributed by atoms with van der Waals surface area (Å²) in [5, 5.41) is 8.87. The van der Waals surface area contributed by atoms with Crippen LogP contribution in [0.15, 0.2) is 47.3 Å². The summed E-state index contributed by atoms with van der Waals surface area (Å²) in [6.45, 7) is 1.58. The maximum Gasteiger partial charge on any atom is 0.419 e. The number of ether oxygens (including phenoxy) is 1. The molecule has 1 N–H and O–H groups in total. The molecule has 128 valence electrons. The maximum absolute atomic E-state index is 14.4. The number of pyridine rings is 1. The third-order valence-electron chi connectivity index (χ3n) is 3.67. The molecule has 0 unspecified atom stereocenters. The van der Waals surface area contributed by atoms with E-state index in [4.69, 9.17) is 4.74 Å². The van der Waals surface area contributed by atoms with E-state index in [1.54, 1.807) is 6.92 Å². The molecular weight excluding hydrogens is 332 g/mol. The van der Waals surface area contributed by atoms with Crippen molar-refractivity contribution in [1.29, 1.82) is 0 Å². The van der Waals surface area contributed by atoms with E-state index >= 15 is 0 Å². The molecule has 3 aromatic rings. The Kier molecular flexibility index (Phi) is 4.22. The van der Waals surface area contributed by atoms with Crippen molar-refractivity contribution in [2.24, 2.45) is 0 Å². The molecule has 0 radical (unpaired) electrons. The quantitative estimate of drug-likeness (QED) is 0.770. The van der Waals surface area contributed by atoms with Gasteiger partial charge in [0.15, 0.2) is 5.43 Å². The Morgan fingerprint density at radius 1 is 1.12 bits per heavy atom. The van der Waals surface area contributed by atoms with Crippen LogP contribution in [-0.2, 0) is 4.74 Å². The van der Waals surface area contributed by atoms with Gasteiger partial charge in [0.05, 0.1) is 17.7 Å². The van der Waals surface area contributed by atoms with Crippen LogP contribution < -0.4 is 5.43 Å². The molecule has 7 heteroatoms. The Bertz CT molecular complexity index is 1030. The number of aromatic nitrogens is 1. The number of fused-ring (bicyclic) bond motifs is 1. The van der Waals surface area contributed by atoms with Crippen molar-refractivity contribution in [2.75, 3.05) is 6.61 Å². The highest BCUT2D eigenvalue weighted by Gasteiger charge is 2.22. The van der Waals surface area contributed by atoms with Crippen LogP contribution >= 0.6 is 0 Å². The normalized spacial score (nSPS) is 10.8. The molecule has 0 atom stereocenters. The number of benzene rings is 2. The van der Waals surface area contributed by atoms with Crippen molar-refractivity contribution < 1.29 is 23.4 Å². The Balaban J connectivity index is 2.46. The number of phenolic OH excluding ortho intramolecular Hbond substituents is 1. The van der Waals surface area contributed by atoms with E-state index in [9.17, 15) is 23.5 Å². The smallest absolute Gasteiger partial charge is 0.419 e. The Hall–Kier alpha value is -3.22. The summed E-state index contributed by atoms with van der Waals surface area (Å²) < 4.78 is 34.2. The molecule has 0 bridgehead atoms. The lowest BCUT2D eigenvalue weighted by atomic mass is 10.1. The first-order valence-corrected chi connectivity index (χ1v) is 7.44. The minimum atomic E-state index is -0.944. The second-order valence-electron chi connectivity index (χ2n) is 5.23. The third-order valence-corrected chi connectivity index (χ3v) is 3.67. The molecule has 1 aromatic heterocycles. The number of phenols is 1. The van der Waals surface area contributed by atoms with Gasteiger partial charge in [0, 0.05) is 6.07 Å². The summed E-state index contributed by atoms with van der Waals surface area (Å²) >= 11 is 0. The summed E-state index contributed by atoms with van der Waals surface area (Å²) in [6, 6.07) is 8.30. The fourth-order valence-electron chi connectivity index (χ4n) is 2.60. The van der Waals surface area contributed by atoms with Gasteiger partial charge in [-0.05, 0) is 48.9 Å². The minimum Gasteiger partial charge on any atom is -0.508 e. The lowest BCUT2D eigenvalue weighted by molar-refractivity contribution is 0.155. The second kappa shape index (κ2) is 6.35. The van der Waals surface area contributed by atoms with E-state index in [1.807, 2.05) is 0 Å². The van der Waals surface area contributed by atoms with Gasteiger partial charge in [0.25, 0.3) is 0 Å². The van der Waals surface area contributed by atoms with Crippen molar-refractivity contribution in [1.82, 2.24) is 4.57 Å². The van der Waals surface area contributed by atoms with Gasteiger partial charge in [-0.2, -0.15) is 0 Å². The van der Waals surface area contributed by atoms with Gasteiger partial charge < -0.3 is 9.84 Å². The van der Waals surface area contributed by atoms with Crippen LogP contribution in [0.25, 0.3) is 22.2 Å². The molecule has 0 aliphatic heterocycles. The molecule has 0 aliphatic rings. The van der Waals surface area contributed by atoms with E-state index in [1.165, 1.54) is 24.3 Å². The Labute approximate surface area is 140 Å². The van der Waals surface area contributed by atoms with E-state index < -0.39 is 34.1 Å². The zero-order chi connectivity index (χ0) is 18.1. The highest BCUT2D eigenvalue weighted by molar-refractivity contribution is 5.93. The lowest BCUT2D eigenvalue weighted by Gasteiger charge is -2.16. The van der Waals surface area contributed by atoms with Gasteiger partial charge >= 0.3 is 6.09 Å². The van der Waals surface area contributed by atoms with Gasteiger partial charge in [-0.25, -0.2) is 18.1 Å². The molecule has 2 aromatic carbocycles. The number of aromatic hydroxyl groups is 1. The summed E-state index contributed by atoms with van der Waals surface area (Å²) in [6.07, 6.45) is -0.944. The van der Waals surface area contributed by atoms with Crippen LogP contribution in [0.1, 0.15) is 6.92 Å². The zero-order valence-corrected chi connectivity index (χ0v) is 13.1. The van der Waals surface area contributed by atoms with E-state index in [-0.39, 0.29) is 18.1 Å². The second-order valence-corrected chi connectivity index (χ2v) is 5.23. The lowest BCUT2D eigenvalue weighted by Crippen LogP contribution is -2.21. The fourth-order valence-corrected chi connectivity index (χ4v) is 2.60. The highest BCUT2D eigenvalue weighted by atomic mass is 19.1. The molecule has 0 saturated heterocycles. The van der Waals surface area contributed by atoms with Crippen LogP contribution in [-0.4, -0.2) is 22.4 Å². The van der Waals surface area contributed by atoms with Crippen molar-refractivity contribution in [2.45, 2.75) is 6.92 Å². The molecule has 25 heavy (non-hydrogen) atoms. The van der Waals surface area contributed by atoms with Crippen molar-refractivity contribution >= 4 is 17.0 Å². The predicted octanol–water partition coefficient (Wildman–Crippen LogP) is 3.66. The number of hydrogen-bond donors (Lipinski definition) is 1. The topological polar surface area (TPSA) is 68.5 Å². The van der Waals surface area contributed by atoms with Crippen molar-refractivity contribution in [3.05, 3.63) is 64.3 Å². The van der Waals surface area contributed by atoms with E-state index in [2.05, 4.69) is 0 Å². The van der Waals surface area contributed by atoms with Crippen LogP contribution in [0.2, 0.25) is 0 Å². The third kappa shape index (κ3) is 2.84. The molecule has 0 aliphatic carbocycles. The summed E-state index contributed by atoms with van der Waals surface area (Å²) in [4.78, 5) is 24.7. The van der Waals surface area contributed by atoms with Crippen LogP contribution in [0.3, 0.4) is 0 Å².